The van der Waals surface area contributed by atoms with Gasteiger partial charge in [-0.15, -0.1) is 11.3 Å². The molecule has 1 atom stereocenters. The normalized spacial score (nSPS) is 16.6. The van der Waals surface area contributed by atoms with Crippen LogP contribution < -0.4 is 0 Å². The van der Waals surface area contributed by atoms with Crippen LogP contribution in [0.4, 0.5) is 0 Å². The van der Waals surface area contributed by atoms with Gasteiger partial charge >= 0.3 is 0 Å². The number of rotatable bonds is 3. The summed E-state index contributed by atoms with van der Waals surface area (Å²) in [4.78, 5) is 6.76. The molecule has 1 N–H and O–H groups in total. The maximum absolute atomic E-state index is 10.5. The Balaban J connectivity index is 1.92. The van der Waals surface area contributed by atoms with E-state index in [9.17, 15) is 5.11 Å². The first-order valence-electron chi connectivity index (χ1n) is 6.18. The molecular formula is C13H16N2OS2. The van der Waals surface area contributed by atoms with Gasteiger partial charge in [-0.3, -0.25) is 0 Å². The van der Waals surface area contributed by atoms with Crippen LogP contribution in [0.5, 0.6) is 0 Å². The molecule has 1 aliphatic heterocycles. The summed E-state index contributed by atoms with van der Waals surface area (Å²) in [5.74, 6) is 3.04. The fourth-order valence-electron chi connectivity index (χ4n) is 2.27. The van der Waals surface area contributed by atoms with Crippen LogP contribution in [0.2, 0.25) is 0 Å². The van der Waals surface area contributed by atoms with Crippen molar-refractivity contribution >= 4 is 23.1 Å². The monoisotopic (exact) mass is 280 g/mol. The van der Waals surface area contributed by atoms with Crippen LogP contribution in [0, 0.1) is 0 Å². The molecule has 0 amide bonds. The molecule has 5 heteroatoms. The lowest BCUT2D eigenvalue weighted by Gasteiger charge is -2.10. The Bertz CT molecular complexity index is 523. The van der Waals surface area contributed by atoms with Crippen molar-refractivity contribution in [3.05, 3.63) is 39.6 Å². The van der Waals surface area contributed by atoms with Crippen LogP contribution in [0.1, 0.15) is 34.2 Å². The third-order valence-corrected chi connectivity index (χ3v) is 5.55. The largest absolute Gasteiger partial charge is 0.380 e. The molecule has 0 saturated heterocycles. The summed E-state index contributed by atoms with van der Waals surface area (Å²) in [6.07, 6.45) is 4.23. The van der Waals surface area contributed by atoms with Crippen molar-refractivity contribution in [2.75, 3.05) is 5.75 Å². The van der Waals surface area contributed by atoms with Crippen LogP contribution in [0.3, 0.4) is 0 Å². The average Bonchev–Trinajstić information content (AvgIpc) is 3.03. The van der Waals surface area contributed by atoms with E-state index in [0.717, 1.165) is 29.4 Å². The van der Waals surface area contributed by atoms with Crippen LogP contribution in [-0.4, -0.2) is 20.4 Å². The minimum Gasteiger partial charge on any atom is -0.380 e. The van der Waals surface area contributed by atoms with Gasteiger partial charge in [0.2, 0.25) is 0 Å². The first kappa shape index (κ1) is 12.3. The minimum atomic E-state index is -0.583. The van der Waals surface area contributed by atoms with E-state index in [1.54, 1.807) is 17.5 Å². The number of thioether (sulfide) groups is 1. The van der Waals surface area contributed by atoms with Gasteiger partial charge in [-0.05, 0) is 30.7 Å². The predicted molar refractivity (Wildman–Crippen MR) is 76.1 cm³/mol. The maximum atomic E-state index is 10.5. The molecule has 0 aliphatic carbocycles. The van der Waals surface area contributed by atoms with Gasteiger partial charge in [-0.2, -0.15) is 11.8 Å². The van der Waals surface area contributed by atoms with Crippen molar-refractivity contribution in [1.82, 2.24) is 9.55 Å². The van der Waals surface area contributed by atoms with E-state index in [1.807, 2.05) is 22.5 Å². The molecule has 0 aromatic carbocycles. The van der Waals surface area contributed by atoms with E-state index >= 15 is 0 Å². The standard InChI is InChI=1S/C13H16N2OS2/c1-2-15-5-4-14-13(15)12(16)11-7-9-8-17-6-3-10(9)18-11/h4-5,7,12,16H,2-3,6,8H2,1H3. The highest BCUT2D eigenvalue weighted by atomic mass is 32.2. The number of nitrogens with zero attached hydrogens (tertiary/aromatic N) is 2. The summed E-state index contributed by atoms with van der Waals surface area (Å²) in [5, 5.41) is 10.5. The topological polar surface area (TPSA) is 38.0 Å². The second-order valence-electron chi connectivity index (χ2n) is 4.37. The number of aromatic nitrogens is 2. The Morgan fingerprint density at radius 1 is 1.56 bits per heavy atom. The van der Waals surface area contributed by atoms with Gasteiger partial charge in [-0.1, -0.05) is 0 Å². The first-order valence-corrected chi connectivity index (χ1v) is 8.15. The first-order chi connectivity index (χ1) is 8.79. The molecule has 2 aromatic heterocycles. The van der Waals surface area contributed by atoms with Crippen LogP contribution in [0.15, 0.2) is 18.5 Å². The van der Waals surface area contributed by atoms with Crippen molar-refractivity contribution in [3.8, 4) is 0 Å². The fraction of sp³-hybridized carbons (Fsp3) is 0.462. The van der Waals surface area contributed by atoms with E-state index in [-0.39, 0.29) is 0 Å². The number of hydrogen-bond donors (Lipinski definition) is 1. The minimum absolute atomic E-state index is 0.583. The van der Waals surface area contributed by atoms with Gasteiger partial charge in [0.15, 0.2) is 0 Å². The molecule has 1 unspecified atom stereocenters. The van der Waals surface area contributed by atoms with Gasteiger partial charge in [0, 0.05) is 34.4 Å². The number of imidazole rings is 1. The number of aliphatic hydroxyl groups is 1. The molecule has 3 heterocycles. The summed E-state index contributed by atoms with van der Waals surface area (Å²) < 4.78 is 2.00. The van der Waals surface area contributed by atoms with Crippen molar-refractivity contribution < 1.29 is 5.11 Å². The third kappa shape index (κ3) is 2.11. The molecule has 18 heavy (non-hydrogen) atoms. The van der Waals surface area contributed by atoms with E-state index in [4.69, 9.17) is 0 Å². The van der Waals surface area contributed by atoms with Crippen molar-refractivity contribution in [2.24, 2.45) is 0 Å². The van der Waals surface area contributed by atoms with Crippen LogP contribution in [-0.2, 0) is 18.7 Å². The summed E-state index contributed by atoms with van der Waals surface area (Å²) in [6, 6.07) is 2.16. The fourth-order valence-corrected chi connectivity index (χ4v) is 4.63. The SMILES string of the molecule is CCn1ccnc1C(O)c1cc2c(s1)CCSC2. The molecule has 3 nitrogen and oxygen atoms in total. The Labute approximate surface area is 115 Å². The molecule has 0 bridgehead atoms. The molecule has 3 rings (SSSR count). The maximum Gasteiger partial charge on any atom is 0.146 e. The number of fused-ring (bicyclic) bond motifs is 1. The van der Waals surface area contributed by atoms with E-state index in [0.29, 0.717) is 0 Å². The quantitative estimate of drug-likeness (QED) is 0.939. The Hall–Kier alpha value is -0.780. The lowest BCUT2D eigenvalue weighted by Crippen LogP contribution is -2.07. The van der Waals surface area contributed by atoms with Crippen molar-refractivity contribution in [2.45, 2.75) is 31.7 Å². The van der Waals surface area contributed by atoms with Gasteiger partial charge in [0.25, 0.3) is 0 Å². The highest BCUT2D eigenvalue weighted by Gasteiger charge is 2.21. The van der Waals surface area contributed by atoms with E-state index < -0.39 is 6.10 Å². The van der Waals surface area contributed by atoms with Gasteiger partial charge < -0.3 is 9.67 Å². The molecule has 0 saturated carbocycles. The number of aryl methyl sites for hydroxylation is 2. The zero-order chi connectivity index (χ0) is 12.5. The summed E-state index contributed by atoms with van der Waals surface area (Å²) in [5.41, 5.74) is 1.40. The highest BCUT2D eigenvalue weighted by Crippen LogP contribution is 2.36. The van der Waals surface area contributed by atoms with Gasteiger partial charge in [-0.25, -0.2) is 4.98 Å². The van der Waals surface area contributed by atoms with Crippen LogP contribution >= 0.6 is 23.1 Å². The summed E-state index contributed by atoms with van der Waals surface area (Å²) in [7, 11) is 0. The van der Waals surface area contributed by atoms with Crippen molar-refractivity contribution in [3.63, 3.8) is 0 Å². The highest BCUT2D eigenvalue weighted by molar-refractivity contribution is 7.98. The smallest absolute Gasteiger partial charge is 0.146 e. The van der Waals surface area contributed by atoms with E-state index in [1.165, 1.54) is 16.2 Å². The second kappa shape index (κ2) is 5.07. The average molecular weight is 280 g/mol. The molecule has 1 aliphatic rings. The number of hydrogen-bond acceptors (Lipinski definition) is 4. The third-order valence-electron chi connectivity index (χ3n) is 3.25. The van der Waals surface area contributed by atoms with Crippen LogP contribution in [0.25, 0.3) is 0 Å². The molecule has 0 radical (unpaired) electrons. The molecule has 0 fully saturated rings. The number of thiophene rings is 1. The molecular weight excluding hydrogens is 264 g/mol. The predicted octanol–water partition coefficient (Wildman–Crippen LogP) is 2.84. The zero-order valence-electron chi connectivity index (χ0n) is 10.3. The Kier molecular flexibility index (Phi) is 3.46. The number of aliphatic hydroxyl groups excluding tert-OH is 1. The molecule has 96 valence electrons. The van der Waals surface area contributed by atoms with Gasteiger partial charge in [0.05, 0.1) is 0 Å². The molecule has 2 aromatic rings. The lowest BCUT2D eigenvalue weighted by molar-refractivity contribution is 0.208. The van der Waals surface area contributed by atoms with Crippen molar-refractivity contribution in [1.29, 1.82) is 0 Å². The summed E-state index contributed by atoms with van der Waals surface area (Å²) >= 11 is 3.72. The summed E-state index contributed by atoms with van der Waals surface area (Å²) in [6.45, 7) is 2.90. The second-order valence-corrected chi connectivity index (χ2v) is 6.65. The zero-order valence-corrected chi connectivity index (χ0v) is 11.9. The Morgan fingerprint density at radius 3 is 3.22 bits per heavy atom. The van der Waals surface area contributed by atoms with E-state index in [2.05, 4.69) is 18.0 Å². The Morgan fingerprint density at radius 2 is 2.44 bits per heavy atom. The lowest BCUT2D eigenvalue weighted by atomic mass is 10.2. The van der Waals surface area contributed by atoms with Gasteiger partial charge in [0.1, 0.15) is 11.9 Å². The molecule has 0 spiro atoms.